The number of carboxylic acid groups (broad SMARTS) is 1. The minimum atomic E-state index is -0.968. The van der Waals surface area contributed by atoms with Gasteiger partial charge >= 0.3 is 5.97 Å². The predicted octanol–water partition coefficient (Wildman–Crippen LogP) is 5.37. The summed E-state index contributed by atoms with van der Waals surface area (Å²) in [6.07, 6.45) is 0. The zero-order valence-corrected chi connectivity index (χ0v) is 15.0. The molecule has 0 spiro atoms. The molecule has 3 aromatic rings. The van der Waals surface area contributed by atoms with Crippen LogP contribution in [0.4, 0.5) is 10.1 Å². The van der Waals surface area contributed by atoms with Gasteiger partial charge in [-0.1, -0.05) is 35.9 Å². The molecule has 0 fully saturated rings. The van der Waals surface area contributed by atoms with Gasteiger partial charge in [-0.3, -0.25) is 0 Å². The summed E-state index contributed by atoms with van der Waals surface area (Å²) in [5.74, 6) is -0.718. The number of halogens is 2. The second-order valence-electron chi connectivity index (χ2n) is 5.92. The lowest BCUT2D eigenvalue weighted by Gasteiger charge is -2.11. The number of rotatable bonds is 7. The topological polar surface area (TPSA) is 58.6 Å². The minimum Gasteiger partial charge on any atom is -0.487 e. The van der Waals surface area contributed by atoms with E-state index in [4.69, 9.17) is 21.4 Å². The Labute approximate surface area is 161 Å². The van der Waals surface area contributed by atoms with Crippen LogP contribution in [0.5, 0.6) is 5.75 Å². The van der Waals surface area contributed by atoms with E-state index >= 15 is 0 Å². The van der Waals surface area contributed by atoms with Crippen molar-refractivity contribution >= 4 is 23.3 Å². The highest BCUT2D eigenvalue weighted by Crippen LogP contribution is 2.27. The summed E-state index contributed by atoms with van der Waals surface area (Å²) in [6, 6.07) is 18.1. The minimum absolute atomic E-state index is 0.225. The van der Waals surface area contributed by atoms with Gasteiger partial charge in [0.2, 0.25) is 0 Å². The van der Waals surface area contributed by atoms with Crippen molar-refractivity contribution in [1.82, 2.24) is 0 Å². The number of ether oxygens (including phenoxy) is 1. The number of aromatic carboxylic acids is 1. The van der Waals surface area contributed by atoms with E-state index in [0.717, 1.165) is 11.1 Å². The van der Waals surface area contributed by atoms with E-state index < -0.39 is 5.97 Å². The van der Waals surface area contributed by atoms with Gasteiger partial charge in [-0.05, 0) is 53.6 Å². The highest BCUT2D eigenvalue weighted by molar-refractivity contribution is 6.32. The van der Waals surface area contributed by atoms with E-state index in [2.05, 4.69) is 5.32 Å². The molecule has 0 aliphatic carbocycles. The van der Waals surface area contributed by atoms with Gasteiger partial charge in [-0.25, -0.2) is 9.18 Å². The average molecular weight is 386 g/mol. The molecule has 6 heteroatoms. The highest BCUT2D eigenvalue weighted by Gasteiger charge is 2.06. The van der Waals surface area contributed by atoms with Gasteiger partial charge in [0.05, 0.1) is 10.6 Å². The third kappa shape index (κ3) is 5.21. The zero-order chi connectivity index (χ0) is 19.2. The summed E-state index contributed by atoms with van der Waals surface area (Å²) >= 11 is 6.28. The van der Waals surface area contributed by atoms with E-state index in [1.807, 2.05) is 6.07 Å². The zero-order valence-electron chi connectivity index (χ0n) is 14.3. The molecule has 0 aromatic heterocycles. The smallest absolute Gasteiger partial charge is 0.335 e. The lowest BCUT2D eigenvalue weighted by molar-refractivity contribution is 0.0697. The first-order chi connectivity index (χ1) is 13.0. The predicted molar refractivity (Wildman–Crippen MR) is 103 cm³/mol. The van der Waals surface area contributed by atoms with Crippen LogP contribution >= 0.6 is 11.6 Å². The van der Waals surface area contributed by atoms with Crippen LogP contribution in [-0.2, 0) is 13.2 Å². The molecule has 27 heavy (non-hydrogen) atoms. The number of hydrogen-bond acceptors (Lipinski definition) is 3. The fourth-order valence-corrected chi connectivity index (χ4v) is 2.74. The van der Waals surface area contributed by atoms with Crippen LogP contribution in [0.2, 0.25) is 5.02 Å². The SMILES string of the molecule is O=C(O)c1cccc(NCc2ccc(OCc3ccc(F)cc3)c(Cl)c2)c1. The monoisotopic (exact) mass is 385 g/mol. The van der Waals surface area contributed by atoms with Gasteiger partial charge in [0, 0.05) is 12.2 Å². The van der Waals surface area contributed by atoms with Crippen LogP contribution < -0.4 is 10.1 Å². The van der Waals surface area contributed by atoms with Gasteiger partial charge in [0.15, 0.2) is 0 Å². The molecule has 2 N–H and O–H groups in total. The first kappa shape index (κ1) is 18.7. The Morgan fingerprint density at radius 1 is 1.04 bits per heavy atom. The third-order valence-corrected chi connectivity index (χ3v) is 4.21. The first-order valence-corrected chi connectivity index (χ1v) is 8.62. The maximum atomic E-state index is 12.9. The Morgan fingerprint density at radius 2 is 1.78 bits per heavy atom. The number of carboxylic acids is 1. The Morgan fingerprint density at radius 3 is 2.48 bits per heavy atom. The number of nitrogens with one attached hydrogen (secondary N) is 1. The maximum Gasteiger partial charge on any atom is 0.335 e. The van der Waals surface area contributed by atoms with E-state index in [-0.39, 0.29) is 11.4 Å². The van der Waals surface area contributed by atoms with E-state index in [0.29, 0.717) is 29.6 Å². The summed E-state index contributed by atoms with van der Waals surface area (Å²) in [5.41, 5.74) is 2.71. The molecule has 3 rings (SSSR count). The molecule has 0 amide bonds. The quantitative estimate of drug-likeness (QED) is 0.574. The molecule has 0 saturated carbocycles. The van der Waals surface area contributed by atoms with Crippen molar-refractivity contribution < 1.29 is 19.0 Å². The van der Waals surface area contributed by atoms with Crippen molar-refractivity contribution in [3.8, 4) is 5.75 Å². The van der Waals surface area contributed by atoms with Gasteiger partial charge in [0.1, 0.15) is 18.2 Å². The molecule has 0 unspecified atom stereocenters. The fourth-order valence-electron chi connectivity index (χ4n) is 2.48. The van der Waals surface area contributed by atoms with Gasteiger partial charge in [0.25, 0.3) is 0 Å². The molecular formula is C21H17ClFNO3. The van der Waals surface area contributed by atoms with Crippen molar-refractivity contribution in [2.45, 2.75) is 13.2 Å². The van der Waals surface area contributed by atoms with E-state index in [1.54, 1.807) is 42.5 Å². The average Bonchev–Trinajstić information content (AvgIpc) is 2.67. The second kappa shape index (κ2) is 8.56. The third-order valence-electron chi connectivity index (χ3n) is 3.91. The molecule has 0 atom stereocenters. The Balaban J connectivity index is 1.60. The maximum absolute atomic E-state index is 12.9. The van der Waals surface area contributed by atoms with Gasteiger partial charge in [-0.15, -0.1) is 0 Å². The van der Waals surface area contributed by atoms with Crippen LogP contribution in [0.25, 0.3) is 0 Å². The van der Waals surface area contributed by atoms with Gasteiger partial charge < -0.3 is 15.2 Å². The number of benzene rings is 3. The lowest BCUT2D eigenvalue weighted by Crippen LogP contribution is -2.02. The molecule has 4 nitrogen and oxygen atoms in total. The normalized spacial score (nSPS) is 10.4. The number of carbonyl (C=O) groups is 1. The Kier molecular flexibility index (Phi) is 5.94. The molecular weight excluding hydrogens is 369 g/mol. The molecule has 3 aromatic carbocycles. The van der Waals surface area contributed by atoms with Crippen molar-refractivity contribution in [2.75, 3.05) is 5.32 Å². The summed E-state index contributed by atoms with van der Waals surface area (Å²) in [7, 11) is 0. The van der Waals surface area contributed by atoms with Crippen LogP contribution in [0.1, 0.15) is 21.5 Å². The van der Waals surface area contributed by atoms with Crippen molar-refractivity contribution in [3.05, 3.63) is 94.3 Å². The molecule has 138 valence electrons. The fraction of sp³-hybridized carbons (Fsp3) is 0.0952. The van der Waals surface area contributed by atoms with Crippen molar-refractivity contribution in [3.63, 3.8) is 0 Å². The van der Waals surface area contributed by atoms with Crippen LogP contribution in [0.15, 0.2) is 66.7 Å². The second-order valence-corrected chi connectivity index (χ2v) is 6.33. The number of hydrogen-bond donors (Lipinski definition) is 2. The molecule has 0 bridgehead atoms. The molecule has 0 aliphatic rings. The van der Waals surface area contributed by atoms with Crippen LogP contribution in [0, 0.1) is 5.82 Å². The highest BCUT2D eigenvalue weighted by atomic mass is 35.5. The molecule has 0 aliphatic heterocycles. The van der Waals surface area contributed by atoms with Crippen LogP contribution in [0.3, 0.4) is 0 Å². The van der Waals surface area contributed by atoms with E-state index in [1.165, 1.54) is 18.2 Å². The molecule has 0 heterocycles. The first-order valence-electron chi connectivity index (χ1n) is 8.24. The van der Waals surface area contributed by atoms with E-state index in [9.17, 15) is 9.18 Å². The molecule has 0 radical (unpaired) electrons. The summed E-state index contributed by atoms with van der Waals surface area (Å²) < 4.78 is 18.6. The Hall–Kier alpha value is -3.05. The van der Waals surface area contributed by atoms with Gasteiger partial charge in [-0.2, -0.15) is 0 Å². The Bertz CT molecular complexity index is 944. The number of anilines is 1. The molecule has 0 saturated heterocycles. The largest absolute Gasteiger partial charge is 0.487 e. The van der Waals surface area contributed by atoms with Crippen LogP contribution in [-0.4, -0.2) is 11.1 Å². The summed E-state index contributed by atoms with van der Waals surface area (Å²) in [6.45, 7) is 0.778. The standard InChI is InChI=1S/C21H17ClFNO3/c22-19-10-15(12-24-18-3-1-2-16(11-18)21(25)26)6-9-20(19)27-13-14-4-7-17(23)8-5-14/h1-11,24H,12-13H2,(H,25,26). The lowest BCUT2D eigenvalue weighted by atomic mass is 10.2. The summed E-state index contributed by atoms with van der Waals surface area (Å²) in [4.78, 5) is 11.0. The summed E-state index contributed by atoms with van der Waals surface area (Å²) in [5, 5.41) is 12.7. The van der Waals surface area contributed by atoms with Crippen molar-refractivity contribution in [2.24, 2.45) is 0 Å². The van der Waals surface area contributed by atoms with Crippen molar-refractivity contribution in [1.29, 1.82) is 0 Å².